The zero-order chi connectivity index (χ0) is 16.0. The summed E-state index contributed by atoms with van der Waals surface area (Å²) in [6.45, 7) is 1.97. The Balaban J connectivity index is 3.29. The van der Waals surface area contributed by atoms with Gasteiger partial charge in [0.1, 0.15) is 12.2 Å². The highest BCUT2D eigenvalue weighted by Crippen LogP contribution is 2.29. The number of anilines is 1. The van der Waals surface area contributed by atoms with Crippen molar-refractivity contribution in [1.29, 1.82) is 0 Å². The first kappa shape index (κ1) is 16.4. The van der Waals surface area contributed by atoms with Crippen LogP contribution in [0.1, 0.15) is 17.3 Å². The fraction of sp³-hybridized carbons (Fsp3) is 0.385. The molecule has 0 aliphatic carbocycles. The number of nitrogens with one attached hydrogen (secondary N) is 1. The third-order valence-electron chi connectivity index (χ3n) is 2.93. The van der Waals surface area contributed by atoms with Gasteiger partial charge in [0.25, 0.3) is 11.6 Å². The minimum Gasteiger partial charge on any atom is -0.468 e. The van der Waals surface area contributed by atoms with Crippen LogP contribution in [0.3, 0.4) is 0 Å². The average molecular weight is 295 g/mol. The molecule has 21 heavy (non-hydrogen) atoms. The second kappa shape index (κ2) is 7.22. The smallest absolute Gasteiger partial charge is 0.325 e. The van der Waals surface area contributed by atoms with Crippen LogP contribution >= 0.6 is 0 Å². The van der Waals surface area contributed by atoms with Gasteiger partial charge in [0, 0.05) is 25.2 Å². The third-order valence-corrected chi connectivity index (χ3v) is 2.93. The lowest BCUT2D eigenvalue weighted by Crippen LogP contribution is -2.31. The molecule has 0 saturated carbocycles. The predicted octanol–water partition coefficient (Wildman–Crippen LogP) is 0.954. The zero-order valence-electron chi connectivity index (χ0n) is 12.1. The van der Waals surface area contributed by atoms with Crippen LogP contribution in [0.4, 0.5) is 11.4 Å². The Morgan fingerprint density at radius 1 is 1.43 bits per heavy atom. The molecule has 0 radical (unpaired) electrons. The largest absolute Gasteiger partial charge is 0.468 e. The van der Waals surface area contributed by atoms with E-state index in [9.17, 15) is 19.7 Å². The standard InChI is InChI=1S/C13H17N3O5/c1-4-15(8-12(17)21-3)11-7-9(13(18)14-2)5-6-10(11)16(19)20/h5-7H,4,8H2,1-3H3,(H,14,18). The third kappa shape index (κ3) is 3.91. The molecule has 0 bridgehead atoms. The fourth-order valence-electron chi connectivity index (χ4n) is 1.80. The maximum absolute atomic E-state index is 11.6. The number of hydrogen-bond donors (Lipinski definition) is 1. The van der Waals surface area contributed by atoms with Gasteiger partial charge in [0.2, 0.25) is 0 Å². The molecule has 0 aliphatic heterocycles. The van der Waals surface area contributed by atoms with Crippen molar-refractivity contribution >= 4 is 23.3 Å². The fourth-order valence-corrected chi connectivity index (χ4v) is 1.80. The first-order valence-corrected chi connectivity index (χ1v) is 6.26. The second-order valence-corrected chi connectivity index (χ2v) is 4.13. The van der Waals surface area contributed by atoms with Crippen LogP contribution in [0.15, 0.2) is 18.2 Å². The Morgan fingerprint density at radius 3 is 2.57 bits per heavy atom. The van der Waals surface area contributed by atoms with E-state index < -0.39 is 10.9 Å². The maximum atomic E-state index is 11.6. The highest BCUT2D eigenvalue weighted by Gasteiger charge is 2.22. The van der Waals surface area contributed by atoms with Crippen molar-refractivity contribution in [2.75, 3.05) is 32.1 Å². The van der Waals surface area contributed by atoms with E-state index in [1.165, 1.54) is 37.3 Å². The lowest BCUT2D eigenvalue weighted by Gasteiger charge is -2.21. The Labute approximate surface area is 121 Å². The molecule has 114 valence electrons. The van der Waals surface area contributed by atoms with E-state index in [4.69, 9.17) is 0 Å². The normalized spacial score (nSPS) is 9.86. The molecule has 8 nitrogen and oxygen atoms in total. The van der Waals surface area contributed by atoms with Gasteiger partial charge in [0.05, 0.1) is 12.0 Å². The van der Waals surface area contributed by atoms with Crippen molar-refractivity contribution in [2.45, 2.75) is 6.92 Å². The lowest BCUT2D eigenvalue weighted by atomic mass is 10.1. The number of nitrogens with zero attached hydrogens (tertiary/aromatic N) is 2. The molecule has 1 N–H and O–H groups in total. The molecule has 0 atom stereocenters. The monoisotopic (exact) mass is 295 g/mol. The number of carbonyl (C=O) groups excluding carboxylic acids is 2. The minimum absolute atomic E-state index is 0.134. The summed E-state index contributed by atoms with van der Waals surface area (Å²) in [4.78, 5) is 35.1. The molecule has 0 spiro atoms. The van der Waals surface area contributed by atoms with Crippen LogP contribution in [0, 0.1) is 10.1 Å². The predicted molar refractivity (Wildman–Crippen MR) is 76.4 cm³/mol. The summed E-state index contributed by atoms with van der Waals surface area (Å²) in [6.07, 6.45) is 0. The number of hydrogen-bond acceptors (Lipinski definition) is 6. The summed E-state index contributed by atoms with van der Waals surface area (Å²) in [5.74, 6) is -0.878. The molecule has 0 aromatic heterocycles. The van der Waals surface area contributed by atoms with Gasteiger partial charge in [-0.2, -0.15) is 0 Å². The van der Waals surface area contributed by atoms with Crippen LogP contribution in [-0.2, 0) is 9.53 Å². The molecule has 1 aromatic rings. The Bertz CT molecular complexity index is 559. The van der Waals surface area contributed by atoms with E-state index in [-0.39, 0.29) is 29.4 Å². The van der Waals surface area contributed by atoms with Gasteiger partial charge in [-0.05, 0) is 19.1 Å². The maximum Gasteiger partial charge on any atom is 0.325 e. The van der Waals surface area contributed by atoms with Crippen LogP contribution in [0.2, 0.25) is 0 Å². The van der Waals surface area contributed by atoms with E-state index in [1.54, 1.807) is 6.92 Å². The van der Waals surface area contributed by atoms with Gasteiger partial charge in [-0.25, -0.2) is 0 Å². The van der Waals surface area contributed by atoms with Crippen molar-refractivity contribution in [1.82, 2.24) is 5.32 Å². The van der Waals surface area contributed by atoms with Gasteiger partial charge in [-0.3, -0.25) is 19.7 Å². The Hall–Kier alpha value is -2.64. The first-order chi connectivity index (χ1) is 9.94. The Morgan fingerprint density at radius 2 is 2.10 bits per heavy atom. The molecule has 0 saturated heterocycles. The lowest BCUT2D eigenvalue weighted by molar-refractivity contribution is -0.384. The number of likely N-dealkylation sites (N-methyl/N-ethyl adjacent to an activating group) is 1. The molecular weight excluding hydrogens is 278 g/mol. The number of amides is 1. The van der Waals surface area contributed by atoms with E-state index >= 15 is 0 Å². The van der Waals surface area contributed by atoms with Crippen molar-refractivity contribution in [3.63, 3.8) is 0 Å². The summed E-state index contributed by atoms with van der Waals surface area (Å²) in [6, 6.07) is 4.01. The number of carbonyl (C=O) groups is 2. The molecule has 1 rings (SSSR count). The number of esters is 1. The average Bonchev–Trinajstić information content (AvgIpc) is 2.50. The highest BCUT2D eigenvalue weighted by molar-refractivity contribution is 5.96. The van der Waals surface area contributed by atoms with Crippen LogP contribution in [-0.4, -0.2) is 44.0 Å². The van der Waals surface area contributed by atoms with Gasteiger partial charge >= 0.3 is 5.97 Å². The molecule has 1 aromatic carbocycles. The van der Waals surface area contributed by atoms with Crippen molar-refractivity contribution in [3.05, 3.63) is 33.9 Å². The summed E-state index contributed by atoms with van der Waals surface area (Å²) < 4.78 is 4.57. The first-order valence-electron chi connectivity index (χ1n) is 6.26. The van der Waals surface area contributed by atoms with Crippen LogP contribution < -0.4 is 10.2 Å². The minimum atomic E-state index is -0.553. The molecule has 0 aliphatic rings. The SMILES string of the molecule is CCN(CC(=O)OC)c1cc(C(=O)NC)ccc1[N+](=O)[O-]. The number of benzene rings is 1. The summed E-state index contributed by atoms with van der Waals surface area (Å²) in [5, 5.41) is 13.6. The van der Waals surface area contributed by atoms with Crippen LogP contribution in [0.5, 0.6) is 0 Å². The van der Waals surface area contributed by atoms with Gasteiger partial charge in [-0.15, -0.1) is 0 Å². The van der Waals surface area contributed by atoms with Gasteiger partial charge in [0.15, 0.2) is 0 Å². The molecule has 0 heterocycles. The summed E-state index contributed by atoms with van der Waals surface area (Å²) in [7, 11) is 2.71. The summed E-state index contributed by atoms with van der Waals surface area (Å²) >= 11 is 0. The molecule has 8 heteroatoms. The number of rotatable bonds is 6. The van der Waals surface area contributed by atoms with E-state index in [0.717, 1.165) is 0 Å². The van der Waals surface area contributed by atoms with Crippen molar-refractivity contribution in [3.8, 4) is 0 Å². The van der Waals surface area contributed by atoms with E-state index in [0.29, 0.717) is 6.54 Å². The van der Waals surface area contributed by atoms with E-state index in [1.807, 2.05) is 0 Å². The van der Waals surface area contributed by atoms with Crippen molar-refractivity contribution < 1.29 is 19.2 Å². The Kier molecular flexibility index (Phi) is 5.65. The molecular formula is C13H17N3O5. The number of ether oxygens (including phenoxy) is 1. The highest BCUT2D eigenvalue weighted by atomic mass is 16.6. The second-order valence-electron chi connectivity index (χ2n) is 4.13. The van der Waals surface area contributed by atoms with Gasteiger partial charge < -0.3 is 15.0 Å². The number of nitro groups is 1. The number of methoxy groups -OCH3 is 1. The summed E-state index contributed by atoms with van der Waals surface area (Å²) in [5.41, 5.74) is 0.309. The van der Waals surface area contributed by atoms with E-state index in [2.05, 4.69) is 10.1 Å². The topological polar surface area (TPSA) is 102 Å². The zero-order valence-corrected chi connectivity index (χ0v) is 12.1. The van der Waals surface area contributed by atoms with Crippen LogP contribution in [0.25, 0.3) is 0 Å². The number of nitro benzene ring substituents is 1. The molecule has 0 unspecified atom stereocenters. The van der Waals surface area contributed by atoms with Crippen molar-refractivity contribution in [2.24, 2.45) is 0 Å². The molecule has 0 fully saturated rings. The van der Waals surface area contributed by atoms with Gasteiger partial charge in [-0.1, -0.05) is 0 Å². The quantitative estimate of drug-likeness (QED) is 0.476. The molecule has 1 amide bonds.